The zero-order chi connectivity index (χ0) is 37.1. The van der Waals surface area contributed by atoms with Crippen LogP contribution >= 0.6 is 0 Å². The summed E-state index contributed by atoms with van der Waals surface area (Å²) >= 11 is 0. The number of hydrogen-bond donors (Lipinski definition) is 0. The maximum absolute atomic E-state index is 14.2. The minimum absolute atomic E-state index is 0.0323. The molecule has 0 fully saturated rings. The Morgan fingerprint density at radius 1 is 0.736 bits per heavy atom. The van der Waals surface area contributed by atoms with Gasteiger partial charge in [-0.15, -0.1) is 0 Å². The molecular weight excluding hydrogens is 664 g/mol. The molecule has 3 aliphatic rings. The van der Waals surface area contributed by atoms with Crippen molar-refractivity contribution in [3.63, 3.8) is 0 Å². The van der Waals surface area contributed by atoms with E-state index in [0.29, 0.717) is 41.5 Å². The van der Waals surface area contributed by atoms with Gasteiger partial charge in [-0.2, -0.15) is 0 Å². The number of rotatable bonds is 5. The number of carbonyl (C=O) groups excluding carboxylic acids is 2. The molecule has 3 unspecified atom stereocenters. The van der Waals surface area contributed by atoms with Gasteiger partial charge in [-0.3, -0.25) is 4.79 Å². The number of fused-ring (bicyclic) bond motifs is 13. The van der Waals surface area contributed by atoms with E-state index >= 15 is 0 Å². The van der Waals surface area contributed by atoms with Gasteiger partial charge < -0.3 is 18.6 Å². The number of benzene rings is 4. The van der Waals surface area contributed by atoms with Gasteiger partial charge in [0.05, 0.1) is 5.56 Å². The number of hydrogen-bond acceptors (Lipinski definition) is 7. The average Bonchev–Trinajstić information content (AvgIpc) is 3.12. The van der Waals surface area contributed by atoms with Crippen molar-refractivity contribution < 1.29 is 28.2 Å². The van der Waals surface area contributed by atoms with Crippen molar-refractivity contribution in [2.45, 2.75) is 90.4 Å². The Labute approximate surface area is 310 Å². The Morgan fingerprint density at radius 3 is 2.23 bits per heavy atom. The summed E-state index contributed by atoms with van der Waals surface area (Å²) in [4.78, 5) is 40.8. The zero-order valence-corrected chi connectivity index (χ0v) is 30.9. The van der Waals surface area contributed by atoms with Crippen molar-refractivity contribution in [3.05, 3.63) is 158 Å². The molecule has 0 spiro atoms. The second-order valence-corrected chi connectivity index (χ2v) is 15.2. The molecule has 3 atom stereocenters. The van der Waals surface area contributed by atoms with Crippen LogP contribution in [0.2, 0.25) is 0 Å². The van der Waals surface area contributed by atoms with E-state index in [1.165, 1.54) is 22.8 Å². The molecule has 2 bridgehead atoms. The second kappa shape index (κ2) is 15.3. The van der Waals surface area contributed by atoms with Crippen molar-refractivity contribution in [1.82, 2.24) is 0 Å². The lowest BCUT2D eigenvalue weighted by Gasteiger charge is -2.43. The summed E-state index contributed by atoms with van der Waals surface area (Å²) < 4.78 is 24.9. The minimum atomic E-state index is -1.09. The lowest BCUT2D eigenvalue weighted by atomic mass is 9.86. The van der Waals surface area contributed by atoms with Crippen molar-refractivity contribution >= 4 is 22.9 Å². The molecule has 53 heavy (non-hydrogen) atoms. The van der Waals surface area contributed by atoms with Gasteiger partial charge in [0.2, 0.25) is 0 Å². The molecule has 7 heteroatoms. The fraction of sp³-hybridized carbons (Fsp3) is 0.326. The Bertz CT molecular complexity index is 2210. The van der Waals surface area contributed by atoms with Crippen molar-refractivity contribution in [2.24, 2.45) is 5.92 Å². The number of allylic oxidation sites excluding steroid dienone is 1. The van der Waals surface area contributed by atoms with E-state index in [1.807, 2.05) is 33.8 Å². The summed E-state index contributed by atoms with van der Waals surface area (Å²) in [6.45, 7) is 7.43. The van der Waals surface area contributed by atoms with Crippen LogP contribution in [0.5, 0.6) is 5.75 Å². The van der Waals surface area contributed by atoms with Gasteiger partial charge >= 0.3 is 17.6 Å². The molecule has 0 aliphatic carbocycles. The maximum Gasteiger partial charge on any atom is 0.336 e. The smallest absolute Gasteiger partial charge is 0.336 e. The molecular formula is C46H46O7. The fourth-order valence-electron chi connectivity index (χ4n) is 7.66. The van der Waals surface area contributed by atoms with E-state index in [4.69, 9.17) is 18.6 Å². The predicted molar refractivity (Wildman–Crippen MR) is 205 cm³/mol. The van der Waals surface area contributed by atoms with Gasteiger partial charge in [0, 0.05) is 23.4 Å². The molecule has 272 valence electrons. The minimum Gasteiger partial charge on any atom is -0.483 e. The number of ether oxygens (including phenoxy) is 3. The Balaban J connectivity index is 1.23. The van der Waals surface area contributed by atoms with Gasteiger partial charge in [-0.25, -0.2) is 9.59 Å². The van der Waals surface area contributed by atoms with Crippen LogP contribution in [0.4, 0.5) is 0 Å². The molecule has 0 saturated heterocycles. The maximum atomic E-state index is 14.2. The lowest BCUT2D eigenvalue weighted by molar-refractivity contribution is -0.188. The quantitative estimate of drug-likeness (QED) is 0.102. The predicted octanol–water partition coefficient (Wildman–Crippen LogP) is 9.22. The van der Waals surface area contributed by atoms with E-state index in [2.05, 4.69) is 72.8 Å². The van der Waals surface area contributed by atoms with Gasteiger partial charge in [0.25, 0.3) is 0 Å². The van der Waals surface area contributed by atoms with Crippen LogP contribution in [0.15, 0.2) is 123 Å². The third-order valence-electron chi connectivity index (χ3n) is 10.5. The average molecular weight is 711 g/mol. The number of esters is 2. The van der Waals surface area contributed by atoms with Crippen LogP contribution in [0, 0.1) is 5.92 Å². The zero-order valence-electron chi connectivity index (χ0n) is 30.9. The fourth-order valence-corrected chi connectivity index (χ4v) is 7.66. The van der Waals surface area contributed by atoms with E-state index in [0.717, 1.165) is 36.0 Å². The van der Waals surface area contributed by atoms with Crippen LogP contribution in [-0.4, -0.2) is 23.6 Å². The van der Waals surface area contributed by atoms with E-state index in [-0.39, 0.29) is 17.9 Å². The highest BCUT2D eigenvalue weighted by Gasteiger charge is 2.50. The summed E-state index contributed by atoms with van der Waals surface area (Å²) in [7, 11) is 0. The van der Waals surface area contributed by atoms with Crippen molar-refractivity contribution in [2.75, 3.05) is 0 Å². The third kappa shape index (κ3) is 8.30. The Hall–Kier alpha value is -5.43. The molecule has 3 aliphatic heterocycles. The van der Waals surface area contributed by atoms with E-state index in [9.17, 15) is 14.4 Å². The second-order valence-electron chi connectivity index (χ2n) is 15.2. The normalized spacial score (nSPS) is 20.2. The molecule has 7 nitrogen and oxygen atoms in total. The van der Waals surface area contributed by atoms with Crippen LogP contribution in [-0.2, 0) is 44.7 Å². The SMILES string of the molecule is CC(C)=C1CCc2ccc(cc2)CC(CCc2cccc(Cc3ccccc3)c2)CC(=O)OC2c3c(ccc4ccc(=O)oc34)OC(C)(C)C2OC1=O. The topological polar surface area (TPSA) is 92.0 Å². The summed E-state index contributed by atoms with van der Waals surface area (Å²) in [6.07, 6.45) is 2.30. The number of carbonyl (C=O) groups is 2. The molecule has 1 aromatic heterocycles. The molecule has 0 N–H and O–H groups in total. The standard InChI is InChI=1S/C46H46O7/c1-29(2)37-22-19-30-13-15-33(16-14-30)27-35(18-17-32-11-8-12-34(26-32)25-31-9-6-5-7-10-31)28-40(48)51-43-41-38(53-46(3,4)44(43)52-45(37)49)23-20-36-21-24-39(47)50-42(36)41/h5-16,20-21,23-24,26,35,43-44H,17-19,22,25,27-28H2,1-4H3. The Morgan fingerprint density at radius 2 is 1.45 bits per heavy atom. The summed E-state index contributed by atoms with van der Waals surface area (Å²) in [5.41, 5.74) is 6.39. The van der Waals surface area contributed by atoms with E-state index < -0.39 is 35.4 Å². The van der Waals surface area contributed by atoms with E-state index in [1.54, 1.807) is 18.2 Å². The molecule has 0 radical (unpaired) electrons. The monoisotopic (exact) mass is 710 g/mol. The Kier molecular flexibility index (Phi) is 10.4. The summed E-state index contributed by atoms with van der Waals surface area (Å²) in [5.74, 6) is -0.543. The molecule has 5 aromatic rings. The van der Waals surface area contributed by atoms with Crippen LogP contribution in [0.25, 0.3) is 11.0 Å². The highest BCUT2D eigenvalue weighted by atomic mass is 16.6. The highest BCUT2D eigenvalue weighted by Crippen LogP contribution is 2.47. The van der Waals surface area contributed by atoms with Gasteiger partial charge in [-0.05, 0) is 118 Å². The highest BCUT2D eigenvalue weighted by molar-refractivity contribution is 5.90. The number of aryl methyl sites for hydroxylation is 2. The first kappa shape index (κ1) is 36.0. The van der Waals surface area contributed by atoms with Gasteiger partial charge in [0.1, 0.15) is 16.9 Å². The third-order valence-corrected chi connectivity index (χ3v) is 10.5. The van der Waals surface area contributed by atoms with Crippen molar-refractivity contribution in [1.29, 1.82) is 0 Å². The van der Waals surface area contributed by atoms with Crippen LogP contribution < -0.4 is 10.4 Å². The van der Waals surface area contributed by atoms with Gasteiger partial charge in [0.15, 0.2) is 12.2 Å². The van der Waals surface area contributed by atoms with Crippen molar-refractivity contribution in [3.8, 4) is 5.75 Å². The van der Waals surface area contributed by atoms with Crippen LogP contribution in [0.3, 0.4) is 0 Å². The lowest BCUT2D eigenvalue weighted by Crippen LogP contribution is -2.52. The first-order valence-corrected chi connectivity index (χ1v) is 18.5. The molecule has 0 saturated carbocycles. The van der Waals surface area contributed by atoms with Gasteiger partial charge in [-0.1, -0.05) is 84.4 Å². The molecule has 4 aromatic carbocycles. The first-order chi connectivity index (χ1) is 25.5. The summed E-state index contributed by atoms with van der Waals surface area (Å²) in [5, 5.41) is 0.639. The molecule has 8 rings (SSSR count). The molecule has 0 amide bonds. The summed E-state index contributed by atoms with van der Waals surface area (Å²) in [6, 6.07) is 34.2. The molecule has 4 heterocycles. The largest absolute Gasteiger partial charge is 0.483 e. The first-order valence-electron chi connectivity index (χ1n) is 18.5. The van der Waals surface area contributed by atoms with Crippen LogP contribution in [0.1, 0.15) is 86.4 Å².